The van der Waals surface area contributed by atoms with Crippen molar-refractivity contribution in [3.8, 4) is 11.8 Å². The fraction of sp³-hybridized carbons (Fsp3) is 0.364. The van der Waals surface area contributed by atoms with E-state index in [1.54, 1.807) is 0 Å². The molecule has 0 N–H and O–H groups in total. The molecule has 1 heterocycles. The van der Waals surface area contributed by atoms with E-state index in [-0.39, 0.29) is 0 Å². The summed E-state index contributed by atoms with van der Waals surface area (Å²) in [5.74, 6) is 5.63. The van der Waals surface area contributed by atoms with Gasteiger partial charge in [-0.2, -0.15) is 13.2 Å². The third-order valence-corrected chi connectivity index (χ3v) is 2.81. The molecule has 16 heavy (non-hydrogen) atoms. The smallest absolute Gasteiger partial charge is 0.252 e. The summed E-state index contributed by atoms with van der Waals surface area (Å²) in [6, 6.07) is 3.28. The van der Waals surface area contributed by atoms with Crippen LogP contribution < -0.4 is 0 Å². The molecule has 1 nitrogen and oxygen atoms in total. The second-order valence-electron chi connectivity index (χ2n) is 3.83. The lowest BCUT2D eigenvalue weighted by Gasteiger charge is -2.04. The Morgan fingerprint density at radius 3 is 2.62 bits per heavy atom. The van der Waals surface area contributed by atoms with Crippen LogP contribution in [0.15, 0.2) is 18.3 Å². The Morgan fingerprint density at radius 1 is 1.38 bits per heavy atom. The van der Waals surface area contributed by atoms with Crippen molar-refractivity contribution in [1.29, 1.82) is 0 Å². The molecule has 1 aromatic rings. The Bertz CT molecular complexity index is 415. The molecule has 0 amide bonds. The zero-order chi connectivity index (χ0) is 12.2. The highest BCUT2D eigenvalue weighted by atomic mass is 28.3. The molecule has 0 radical (unpaired) electrons. The Morgan fingerprint density at radius 2 is 2.06 bits per heavy atom. The van der Waals surface area contributed by atoms with Crippen molar-refractivity contribution in [3.63, 3.8) is 0 Å². The molecule has 0 atom stereocenters. The van der Waals surface area contributed by atoms with Crippen molar-refractivity contribution in [1.82, 2.24) is 4.98 Å². The van der Waals surface area contributed by atoms with Crippen LogP contribution in [0.3, 0.4) is 0 Å². The minimum atomic E-state index is -4.40. The maximum absolute atomic E-state index is 12.3. The van der Waals surface area contributed by atoms with Crippen molar-refractivity contribution in [2.75, 3.05) is 0 Å². The normalized spacial score (nSPS) is 11.1. The molecule has 1 aromatic heterocycles. The Labute approximate surface area is 94.3 Å². The molecule has 0 aliphatic heterocycles. The topological polar surface area (TPSA) is 12.9 Å². The first-order valence-corrected chi connectivity index (χ1v) is 8.04. The number of pyridine rings is 1. The number of hydrogen-bond donors (Lipinski definition) is 0. The largest absolute Gasteiger partial charge is 0.433 e. The van der Waals surface area contributed by atoms with Crippen LogP contribution in [0.5, 0.6) is 0 Å². The van der Waals surface area contributed by atoms with E-state index in [2.05, 4.69) is 29.9 Å². The molecule has 0 bridgehead atoms. The molecule has 5 heteroatoms. The summed E-state index contributed by atoms with van der Waals surface area (Å²) in [7, 11) is -0.769. The van der Waals surface area contributed by atoms with Crippen LogP contribution >= 0.6 is 0 Å². The van der Waals surface area contributed by atoms with Gasteiger partial charge in [0.1, 0.15) is 5.69 Å². The molecular weight excluding hydrogens is 231 g/mol. The Balaban J connectivity index is 2.86. The van der Waals surface area contributed by atoms with Gasteiger partial charge in [0.05, 0.1) is 0 Å². The quantitative estimate of drug-likeness (QED) is 0.546. The molecule has 0 saturated heterocycles. The van der Waals surface area contributed by atoms with Gasteiger partial charge in [0, 0.05) is 26.6 Å². The summed E-state index contributed by atoms with van der Waals surface area (Å²) in [5, 5.41) is 0. The number of nitrogens with zero attached hydrogens (tertiary/aromatic N) is 1. The van der Waals surface area contributed by atoms with Gasteiger partial charge < -0.3 is 0 Å². The van der Waals surface area contributed by atoms with Gasteiger partial charge in [0.25, 0.3) is 0 Å². The Kier molecular flexibility index (Phi) is 4.13. The van der Waals surface area contributed by atoms with Gasteiger partial charge in [-0.15, -0.1) is 5.92 Å². The van der Waals surface area contributed by atoms with Gasteiger partial charge in [0.15, 0.2) is 0 Å². The fourth-order valence-corrected chi connectivity index (χ4v) is 1.53. The van der Waals surface area contributed by atoms with Crippen molar-refractivity contribution >= 4 is 8.80 Å². The zero-order valence-electron chi connectivity index (χ0n) is 9.10. The number of alkyl halides is 3. The third-order valence-electron chi connectivity index (χ3n) is 1.79. The SMILES string of the molecule is C[SiH](C)CC#Cc1ccnc(C(F)(F)F)c1. The predicted octanol–water partition coefficient (Wildman–Crippen LogP) is 2.94. The van der Waals surface area contributed by atoms with Crippen molar-refractivity contribution in [2.24, 2.45) is 0 Å². The zero-order valence-corrected chi connectivity index (χ0v) is 10.3. The summed E-state index contributed by atoms with van der Waals surface area (Å²) in [6.07, 6.45) is -3.26. The van der Waals surface area contributed by atoms with Gasteiger partial charge in [-0.1, -0.05) is 19.0 Å². The monoisotopic (exact) mass is 243 g/mol. The molecule has 0 unspecified atom stereocenters. The minimum absolute atomic E-state index is 0.372. The van der Waals surface area contributed by atoms with Crippen LogP contribution in [-0.4, -0.2) is 13.8 Å². The standard InChI is InChI=1S/C11H12F3NSi/c1-16(2)7-3-4-9-5-6-15-10(8-9)11(12,13)14/h5-6,8,16H,7H2,1-2H3. The molecule has 0 spiro atoms. The van der Waals surface area contributed by atoms with Crippen LogP contribution in [0.2, 0.25) is 19.1 Å². The summed E-state index contributed by atoms with van der Waals surface area (Å²) in [4.78, 5) is 3.27. The van der Waals surface area contributed by atoms with Gasteiger partial charge in [-0.3, -0.25) is 4.98 Å². The second-order valence-corrected chi connectivity index (χ2v) is 7.02. The highest BCUT2D eigenvalue weighted by Gasteiger charge is 2.32. The van der Waals surface area contributed by atoms with Crippen LogP contribution in [0.4, 0.5) is 13.2 Å². The van der Waals surface area contributed by atoms with Crippen LogP contribution in [0.25, 0.3) is 0 Å². The van der Waals surface area contributed by atoms with E-state index in [0.29, 0.717) is 5.56 Å². The minimum Gasteiger partial charge on any atom is -0.252 e. The van der Waals surface area contributed by atoms with E-state index in [0.717, 1.165) is 18.3 Å². The van der Waals surface area contributed by atoms with Crippen LogP contribution in [0.1, 0.15) is 11.3 Å². The first-order valence-electron chi connectivity index (χ1n) is 4.91. The predicted molar refractivity (Wildman–Crippen MR) is 59.8 cm³/mol. The van der Waals surface area contributed by atoms with E-state index >= 15 is 0 Å². The summed E-state index contributed by atoms with van der Waals surface area (Å²) < 4.78 is 36.9. The van der Waals surface area contributed by atoms with Gasteiger partial charge in [-0.05, 0) is 12.1 Å². The third kappa shape index (κ3) is 4.07. The van der Waals surface area contributed by atoms with E-state index in [9.17, 15) is 13.2 Å². The molecule has 1 rings (SSSR count). The first kappa shape index (κ1) is 12.8. The van der Waals surface area contributed by atoms with Crippen molar-refractivity contribution in [3.05, 3.63) is 29.6 Å². The molecule has 0 saturated carbocycles. The van der Waals surface area contributed by atoms with Crippen LogP contribution in [0, 0.1) is 11.8 Å². The lowest BCUT2D eigenvalue weighted by atomic mass is 10.2. The molecule has 86 valence electrons. The highest BCUT2D eigenvalue weighted by Crippen LogP contribution is 2.27. The van der Waals surface area contributed by atoms with E-state index in [4.69, 9.17) is 0 Å². The van der Waals surface area contributed by atoms with Crippen LogP contribution in [-0.2, 0) is 6.18 Å². The van der Waals surface area contributed by atoms with Gasteiger partial charge in [-0.25, -0.2) is 0 Å². The average molecular weight is 243 g/mol. The molecule has 0 aromatic carbocycles. The average Bonchev–Trinajstić information content (AvgIpc) is 2.16. The lowest BCUT2D eigenvalue weighted by molar-refractivity contribution is -0.141. The summed E-state index contributed by atoms with van der Waals surface area (Å²) in [6.45, 7) is 4.28. The second kappa shape index (κ2) is 5.17. The first-order chi connectivity index (χ1) is 7.39. The van der Waals surface area contributed by atoms with E-state index in [1.807, 2.05) is 0 Å². The van der Waals surface area contributed by atoms with Gasteiger partial charge >= 0.3 is 6.18 Å². The number of aromatic nitrogens is 1. The molecular formula is C11H12F3NSi. The summed E-state index contributed by atoms with van der Waals surface area (Å²) in [5.41, 5.74) is -0.516. The number of rotatable bonds is 1. The summed E-state index contributed by atoms with van der Waals surface area (Å²) >= 11 is 0. The maximum atomic E-state index is 12.3. The van der Waals surface area contributed by atoms with Gasteiger partial charge in [0.2, 0.25) is 0 Å². The fourth-order valence-electron chi connectivity index (χ4n) is 1.02. The van der Waals surface area contributed by atoms with E-state index in [1.165, 1.54) is 6.07 Å². The Hall–Kier alpha value is -1.28. The molecule has 0 fully saturated rings. The molecule has 0 aliphatic rings. The van der Waals surface area contributed by atoms with Crippen molar-refractivity contribution in [2.45, 2.75) is 25.3 Å². The number of halogens is 3. The lowest BCUT2D eigenvalue weighted by Crippen LogP contribution is -2.07. The maximum Gasteiger partial charge on any atom is 0.433 e. The van der Waals surface area contributed by atoms with E-state index < -0.39 is 20.7 Å². The highest BCUT2D eigenvalue weighted by molar-refractivity contribution is 6.56. The number of hydrogen-bond acceptors (Lipinski definition) is 1. The van der Waals surface area contributed by atoms with Crippen molar-refractivity contribution < 1.29 is 13.2 Å². The molecule has 0 aliphatic carbocycles.